The highest BCUT2D eigenvalue weighted by atomic mass is 16.5. The number of aliphatic hydroxyl groups is 2. The van der Waals surface area contributed by atoms with E-state index in [0.29, 0.717) is 19.4 Å². The fraction of sp³-hybridized carbons (Fsp3) is 0.903. The second-order valence-electron chi connectivity index (χ2n) is 21.0. The molecule has 0 aromatic carbocycles. The van der Waals surface area contributed by atoms with E-state index < -0.39 is 12.1 Å². The van der Waals surface area contributed by atoms with Crippen LogP contribution in [0, 0.1) is 0 Å². The number of ether oxygens (including phenoxy) is 1. The van der Waals surface area contributed by atoms with Crippen LogP contribution in [0.5, 0.6) is 0 Å². The molecule has 68 heavy (non-hydrogen) atoms. The SMILES string of the molecule is CCCCCCCCCCCCCCCCCCCCCCCCC/C=C/C(O)C(CO)NC(=O)CCC/C=C\CCCCCCOC(=O)CCCCCCCCCCCCCCCCCCC. The number of carbonyl (C=O) groups is 2. The summed E-state index contributed by atoms with van der Waals surface area (Å²) in [5.41, 5.74) is 0. The minimum Gasteiger partial charge on any atom is -0.466 e. The summed E-state index contributed by atoms with van der Waals surface area (Å²) in [6.45, 7) is 4.84. The third-order valence-electron chi connectivity index (χ3n) is 14.2. The number of esters is 1. The minimum absolute atomic E-state index is 0.0331. The van der Waals surface area contributed by atoms with E-state index in [1.807, 2.05) is 6.08 Å². The Morgan fingerprint density at radius 3 is 1.07 bits per heavy atom. The first-order valence-electron chi connectivity index (χ1n) is 30.6. The van der Waals surface area contributed by atoms with Gasteiger partial charge in [0.25, 0.3) is 0 Å². The van der Waals surface area contributed by atoms with Gasteiger partial charge in [-0.3, -0.25) is 9.59 Å². The molecule has 0 saturated heterocycles. The van der Waals surface area contributed by atoms with Gasteiger partial charge in [0, 0.05) is 12.8 Å². The Morgan fingerprint density at radius 1 is 0.397 bits per heavy atom. The van der Waals surface area contributed by atoms with E-state index in [-0.39, 0.29) is 18.5 Å². The lowest BCUT2D eigenvalue weighted by Crippen LogP contribution is -2.45. The molecular weight excluding hydrogens is 839 g/mol. The predicted octanol–water partition coefficient (Wildman–Crippen LogP) is 19.0. The molecule has 0 bridgehead atoms. The quantitative estimate of drug-likeness (QED) is 0.0321. The van der Waals surface area contributed by atoms with Crippen LogP contribution in [0.25, 0.3) is 0 Å². The first-order chi connectivity index (χ1) is 33.5. The van der Waals surface area contributed by atoms with E-state index >= 15 is 0 Å². The summed E-state index contributed by atoms with van der Waals surface area (Å²) < 4.78 is 5.46. The van der Waals surface area contributed by atoms with Gasteiger partial charge in [0.2, 0.25) is 5.91 Å². The van der Waals surface area contributed by atoms with Crippen LogP contribution in [-0.2, 0) is 14.3 Å². The molecule has 6 heteroatoms. The molecule has 3 N–H and O–H groups in total. The number of aliphatic hydroxyl groups excluding tert-OH is 2. The molecule has 0 aliphatic heterocycles. The number of nitrogens with one attached hydrogen (secondary N) is 1. The average Bonchev–Trinajstić information content (AvgIpc) is 3.34. The van der Waals surface area contributed by atoms with E-state index in [1.165, 1.54) is 238 Å². The monoisotopic (exact) mass is 958 g/mol. The molecule has 0 aliphatic carbocycles. The smallest absolute Gasteiger partial charge is 0.305 e. The molecule has 0 heterocycles. The maximum absolute atomic E-state index is 12.5. The van der Waals surface area contributed by atoms with Gasteiger partial charge in [-0.15, -0.1) is 0 Å². The highest BCUT2D eigenvalue weighted by Crippen LogP contribution is 2.18. The second-order valence-corrected chi connectivity index (χ2v) is 21.0. The lowest BCUT2D eigenvalue weighted by molar-refractivity contribution is -0.143. The largest absolute Gasteiger partial charge is 0.466 e. The number of unbranched alkanes of at least 4 members (excludes halogenated alkanes) is 44. The van der Waals surface area contributed by atoms with Crippen molar-refractivity contribution >= 4 is 11.9 Å². The van der Waals surface area contributed by atoms with Crippen molar-refractivity contribution < 1.29 is 24.5 Å². The van der Waals surface area contributed by atoms with Gasteiger partial charge in [0.05, 0.1) is 25.4 Å². The maximum Gasteiger partial charge on any atom is 0.305 e. The van der Waals surface area contributed by atoms with Gasteiger partial charge < -0.3 is 20.3 Å². The van der Waals surface area contributed by atoms with Crippen LogP contribution >= 0.6 is 0 Å². The zero-order chi connectivity index (χ0) is 49.3. The molecule has 6 nitrogen and oxygen atoms in total. The van der Waals surface area contributed by atoms with Gasteiger partial charge in [-0.25, -0.2) is 0 Å². The van der Waals surface area contributed by atoms with Crippen molar-refractivity contribution in [3.63, 3.8) is 0 Å². The summed E-state index contributed by atoms with van der Waals surface area (Å²) in [6.07, 6.45) is 70.8. The van der Waals surface area contributed by atoms with E-state index in [2.05, 4.69) is 31.3 Å². The molecule has 2 atom stereocenters. The summed E-state index contributed by atoms with van der Waals surface area (Å²) >= 11 is 0. The van der Waals surface area contributed by atoms with E-state index in [9.17, 15) is 19.8 Å². The number of rotatable bonds is 57. The Hall–Kier alpha value is -1.66. The van der Waals surface area contributed by atoms with Crippen molar-refractivity contribution in [2.24, 2.45) is 0 Å². The number of hydrogen-bond donors (Lipinski definition) is 3. The molecule has 0 aromatic rings. The van der Waals surface area contributed by atoms with E-state index in [4.69, 9.17) is 4.74 Å². The maximum atomic E-state index is 12.5. The third kappa shape index (κ3) is 53.7. The van der Waals surface area contributed by atoms with Crippen LogP contribution < -0.4 is 5.32 Å². The van der Waals surface area contributed by atoms with Crippen LogP contribution in [-0.4, -0.2) is 47.4 Å². The Labute approximate surface area is 424 Å². The zero-order valence-electron chi connectivity index (χ0n) is 45.9. The molecular formula is C62H119NO5. The van der Waals surface area contributed by atoms with Crippen molar-refractivity contribution in [2.75, 3.05) is 13.2 Å². The number of carbonyl (C=O) groups excluding carboxylic acids is 2. The lowest BCUT2D eigenvalue weighted by Gasteiger charge is -2.19. The number of hydrogen-bond acceptors (Lipinski definition) is 5. The molecule has 1 amide bonds. The molecule has 0 aliphatic rings. The first kappa shape index (κ1) is 66.3. The zero-order valence-corrected chi connectivity index (χ0v) is 45.9. The molecule has 0 fully saturated rings. The van der Waals surface area contributed by atoms with Crippen molar-refractivity contribution in [1.82, 2.24) is 5.32 Å². The summed E-state index contributed by atoms with van der Waals surface area (Å²) in [6, 6.07) is -0.666. The van der Waals surface area contributed by atoms with Crippen molar-refractivity contribution in [2.45, 2.75) is 347 Å². The van der Waals surface area contributed by atoms with Gasteiger partial charge in [0.1, 0.15) is 0 Å². The lowest BCUT2D eigenvalue weighted by atomic mass is 10.0. The summed E-state index contributed by atoms with van der Waals surface area (Å²) in [4.78, 5) is 24.6. The topological polar surface area (TPSA) is 95.9 Å². The average molecular weight is 959 g/mol. The normalized spacial score (nSPS) is 12.7. The van der Waals surface area contributed by atoms with Gasteiger partial charge >= 0.3 is 5.97 Å². The van der Waals surface area contributed by atoms with Gasteiger partial charge in [-0.05, 0) is 51.4 Å². The molecule has 0 saturated carbocycles. The molecule has 0 rings (SSSR count). The van der Waals surface area contributed by atoms with Crippen molar-refractivity contribution in [3.8, 4) is 0 Å². The van der Waals surface area contributed by atoms with Crippen molar-refractivity contribution in [3.05, 3.63) is 24.3 Å². The standard InChI is InChI=1S/C62H119NO5/c1-3-5-7-9-11-13-15-17-19-21-22-23-24-25-26-27-28-30-31-33-35-38-42-46-50-54-60(65)59(58-64)63-61(66)55-51-47-43-39-37-41-45-49-53-57-68-62(67)56-52-48-44-40-36-34-32-29-20-18-16-14-12-10-8-6-4-2/h39,43,50,54,59-60,64-65H,3-38,40-42,44-49,51-53,55-58H2,1-2H3,(H,63,66)/b43-39-,54-50+. The Kier molecular flexibility index (Phi) is 56.5. The summed E-state index contributed by atoms with van der Waals surface area (Å²) in [5.74, 6) is -0.158. The Bertz CT molecular complexity index is 1060. The van der Waals surface area contributed by atoms with Crippen LogP contribution in [0.2, 0.25) is 0 Å². The van der Waals surface area contributed by atoms with E-state index in [1.54, 1.807) is 6.08 Å². The number of allylic oxidation sites excluding steroid dienone is 3. The van der Waals surface area contributed by atoms with Gasteiger partial charge in [-0.1, -0.05) is 295 Å². The van der Waals surface area contributed by atoms with Crippen LogP contribution in [0.1, 0.15) is 335 Å². The molecule has 0 radical (unpaired) electrons. The van der Waals surface area contributed by atoms with Gasteiger partial charge in [-0.2, -0.15) is 0 Å². The molecule has 402 valence electrons. The molecule has 0 spiro atoms. The van der Waals surface area contributed by atoms with E-state index in [0.717, 1.165) is 70.6 Å². The Morgan fingerprint density at radius 2 is 0.706 bits per heavy atom. The van der Waals surface area contributed by atoms with Crippen LogP contribution in [0.15, 0.2) is 24.3 Å². The fourth-order valence-corrected chi connectivity index (χ4v) is 9.52. The minimum atomic E-state index is -0.876. The first-order valence-corrected chi connectivity index (χ1v) is 30.6. The van der Waals surface area contributed by atoms with Crippen molar-refractivity contribution in [1.29, 1.82) is 0 Å². The third-order valence-corrected chi connectivity index (χ3v) is 14.2. The highest BCUT2D eigenvalue weighted by Gasteiger charge is 2.18. The summed E-state index contributed by atoms with van der Waals surface area (Å²) in [5, 5.41) is 23.2. The highest BCUT2D eigenvalue weighted by molar-refractivity contribution is 5.76. The summed E-state index contributed by atoms with van der Waals surface area (Å²) in [7, 11) is 0. The molecule has 2 unspecified atom stereocenters. The fourth-order valence-electron chi connectivity index (χ4n) is 9.52. The van der Waals surface area contributed by atoms with Gasteiger partial charge in [0.15, 0.2) is 0 Å². The van der Waals surface area contributed by atoms with Crippen LogP contribution in [0.4, 0.5) is 0 Å². The Balaban J connectivity index is 3.52. The van der Waals surface area contributed by atoms with Crippen LogP contribution in [0.3, 0.4) is 0 Å². The predicted molar refractivity (Wildman–Crippen MR) is 296 cm³/mol. The number of amides is 1. The second kappa shape index (κ2) is 57.9. The molecule has 0 aromatic heterocycles.